The Hall–Kier alpha value is -3.38. The Morgan fingerprint density at radius 2 is 1.57 bits per heavy atom. The molecule has 0 aliphatic heterocycles. The predicted molar refractivity (Wildman–Crippen MR) is 152 cm³/mol. The fraction of sp³-hybridized carbons (Fsp3) is 0.367. The Morgan fingerprint density at radius 1 is 0.865 bits per heavy atom. The van der Waals surface area contributed by atoms with E-state index in [4.69, 9.17) is 9.40 Å². The summed E-state index contributed by atoms with van der Waals surface area (Å²) in [5.74, 6) is -0.273. The molecule has 2 heterocycles. The molecule has 0 bridgehead atoms. The average molecular weight is 520 g/mol. The number of para-hydroxylation sites is 2. The van der Waals surface area contributed by atoms with E-state index in [0.717, 1.165) is 57.0 Å². The minimum absolute atomic E-state index is 0. The topological polar surface area (TPSA) is 84.2 Å². The van der Waals surface area contributed by atoms with Gasteiger partial charge in [-0.1, -0.05) is 49.6 Å². The van der Waals surface area contributed by atoms with E-state index in [9.17, 15) is 9.59 Å². The molecule has 37 heavy (non-hydrogen) atoms. The van der Waals surface area contributed by atoms with E-state index in [1.165, 1.54) is 41.2 Å². The first-order valence-electron chi connectivity index (χ1n) is 13.2. The number of fused-ring (bicyclic) bond motifs is 3. The van der Waals surface area contributed by atoms with Crippen molar-refractivity contribution in [3.8, 4) is 0 Å². The molecule has 1 amide bonds. The maximum Gasteiger partial charge on any atom is 0.287 e. The van der Waals surface area contributed by atoms with Gasteiger partial charge in [0.1, 0.15) is 5.58 Å². The van der Waals surface area contributed by atoms with Crippen molar-refractivity contribution in [2.75, 3.05) is 18.4 Å². The maximum atomic E-state index is 12.4. The van der Waals surface area contributed by atoms with Gasteiger partial charge in [0, 0.05) is 35.9 Å². The summed E-state index contributed by atoms with van der Waals surface area (Å²) in [4.78, 5) is 29.5. The van der Waals surface area contributed by atoms with Crippen LogP contribution in [0.15, 0.2) is 63.8 Å². The number of halogens is 1. The third kappa shape index (κ3) is 6.31. The Balaban J connectivity index is 0.00000320. The number of nitrogens with zero attached hydrogens (tertiary/aromatic N) is 1. The molecule has 5 rings (SSSR count). The number of hydrogen-bond donors (Lipinski definition) is 2. The number of rotatable bonds is 10. The number of anilines is 1. The van der Waals surface area contributed by atoms with E-state index in [0.29, 0.717) is 17.5 Å². The molecule has 0 radical (unpaired) electrons. The van der Waals surface area contributed by atoms with Gasteiger partial charge in [0.15, 0.2) is 11.2 Å². The number of pyridine rings is 1. The summed E-state index contributed by atoms with van der Waals surface area (Å²) in [6, 6.07) is 16.7. The van der Waals surface area contributed by atoms with Crippen LogP contribution in [0.5, 0.6) is 0 Å². The van der Waals surface area contributed by atoms with Gasteiger partial charge in [-0.05, 0) is 62.3 Å². The molecule has 0 fully saturated rings. The lowest BCUT2D eigenvalue weighted by Crippen LogP contribution is -2.25. The third-order valence-electron chi connectivity index (χ3n) is 6.97. The number of unbranched alkanes of at least 4 members (excludes halogenated alkanes) is 4. The Kier molecular flexibility index (Phi) is 9.18. The second kappa shape index (κ2) is 12.7. The Morgan fingerprint density at radius 3 is 2.43 bits per heavy atom. The number of amides is 1. The fourth-order valence-electron chi connectivity index (χ4n) is 5.07. The van der Waals surface area contributed by atoms with Crippen LogP contribution in [0.1, 0.15) is 66.8 Å². The summed E-state index contributed by atoms with van der Waals surface area (Å²) < 4.78 is 5.60. The number of carbonyl (C=O) groups excluding carboxylic acids is 1. The minimum Gasteiger partial charge on any atom is -0.451 e. The van der Waals surface area contributed by atoms with Gasteiger partial charge < -0.3 is 15.1 Å². The summed E-state index contributed by atoms with van der Waals surface area (Å²) in [5.41, 5.74) is 5.30. The number of hydrogen-bond acceptors (Lipinski definition) is 5. The monoisotopic (exact) mass is 519 g/mol. The summed E-state index contributed by atoms with van der Waals surface area (Å²) in [7, 11) is 0. The van der Waals surface area contributed by atoms with Crippen LogP contribution in [0.2, 0.25) is 0 Å². The normalized spacial score (nSPS) is 12.6. The van der Waals surface area contributed by atoms with Crippen LogP contribution in [0.4, 0.5) is 5.69 Å². The van der Waals surface area contributed by atoms with E-state index in [2.05, 4.69) is 34.9 Å². The molecule has 7 heteroatoms. The minimum atomic E-state index is -0.338. The molecule has 1 aliphatic carbocycles. The van der Waals surface area contributed by atoms with Crippen molar-refractivity contribution in [3.05, 3.63) is 81.8 Å². The molecule has 0 unspecified atom stereocenters. The first-order valence-corrected chi connectivity index (χ1v) is 13.2. The zero-order chi connectivity index (χ0) is 24.7. The van der Waals surface area contributed by atoms with Gasteiger partial charge in [0.2, 0.25) is 0 Å². The molecule has 6 nitrogen and oxygen atoms in total. The van der Waals surface area contributed by atoms with Crippen LogP contribution < -0.4 is 16.1 Å². The summed E-state index contributed by atoms with van der Waals surface area (Å²) in [6.07, 6.45) is 10.0. The van der Waals surface area contributed by atoms with Gasteiger partial charge in [-0.15, -0.1) is 12.4 Å². The predicted octanol–water partition coefficient (Wildman–Crippen LogP) is 6.43. The lowest BCUT2D eigenvalue weighted by atomic mass is 9.92. The van der Waals surface area contributed by atoms with E-state index < -0.39 is 0 Å². The largest absolute Gasteiger partial charge is 0.451 e. The quantitative estimate of drug-likeness (QED) is 0.236. The second-order valence-electron chi connectivity index (χ2n) is 9.56. The highest BCUT2D eigenvalue weighted by molar-refractivity contribution is 5.94. The average Bonchev–Trinajstić information content (AvgIpc) is 2.91. The van der Waals surface area contributed by atoms with Crippen molar-refractivity contribution in [2.45, 2.75) is 57.8 Å². The zero-order valence-electron chi connectivity index (χ0n) is 21.1. The van der Waals surface area contributed by atoms with E-state index in [1.54, 1.807) is 24.3 Å². The SMILES string of the molecule is Cl.O=C(NCCCCCCCNc1c2c(nc3ccccc13)CCCC2)c1cc(=O)c2ccccc2o1. The summed E-state index contributed by atoms with van der Waals surface area (Å²) in [6.45, 7) is 1.53. The summed E-state index contributed by atoms with van der Waals surface area (Å²) >= 11 is 0. The molecule has 2 aromatic carbocycles. The molecule has 4 aromatic rings. The molecule has 0 saturated carbocycles. The molecule has 0 saturated heterocycles. The van der Waals surface area contributed by atoms with Crippen LogP contribution in [0.25, 0.3) is 21.9 Å². The van der Waals surface area contributed by atoms with Crippen molar-refractivity contribution < 1.29 is 9.21 Å². The van der Waals surface area contributed by atoms with Gasteiger partial charge in [0.25, 0.3) is 5.91 Å². The van der Waals surface area contributed by atoms with Gasteiger partial charge in [0.05, 0.1) is 10.9 Å². The first-order chi connectivity index (χ1) is 17.7. The van der Waals surface area contributed by atoms with Gasteiger partial charge in [-0.2, -0.15) is 0 Å². The molecular formula is C30H34ClN3O3. The number of carbonyl (C=O) groups is 1. The van der Waals surface area contributed by atoms with Crippen LogP contribution >= 0.6 is 12.4 Å². The Labute approximate surface area is 223 Å². The van der Waals surface area contributed by atoms with Crippen LogP contribution in [-0.4, -0.2) is 24.0 Å². The van der Waals surface area contributed by atoms with Crippen molar-refractivity contribution >= 4 is 45.9 Å². The number of aryl methyl sites for hydroxylation is 1. The molecule has 1 aliphatic rings. The van der Waals surface area contributed by atoms with E-state index in [-0.39, 0.29) is 29.5 Å². The van der Waals surface area contributed by atoms with Crippen LogP contribution in [-0.2, 0) is 12.8 Å². The van der Waals surface area contributed by atoms with E-state index in [1.807, 2.05) is 0 Å². The van der Waals surface area contributed by atoms with Gasteiger partial charge in [-0.25, -0.2) is 0 Å². The van der Waals surface area contributed by atoms with Crippen LogP contribution in [0.3, 0.4) is 0 Å². The highest BCUT2D eigenvalue weighted by Gasteiger charge is 2.17. The lowest BCUT2D eigenvalue weighted by Gasteiger charge is -2.21. The molecule has 0 atom stereocenters. The standard InChI is InChI=1S/C30H33N3O3.ClH/c34-26-20-28(36-27-17-9-6-14-23(26)27)30(35)32-19-11-3-1-2-10-18-31-29-21-12-4-7-15-24(21)33-25-16-8-5-13-22(25)29;/h4,6-7,9,12,14-15,17,20H,1-3,5,8,10-11,13,16,18-19H2,(H,31,33)(H,32,35);1H. The fourth-order valence-corrected chi connectivity index (χ4v) is 5.07. The van der Waals surface area contributed by atoms with E-state index >= 15 is 0 Å². The molecule has 0 spiro atoms. The second-order valence-corrected chi connectivity index (χ2v) is 9.56. The smallest absolute Gasteiger partial charge is 0.287 e. The zero-order valence-corrected chi connectivity index (χ0v) is 21.9. The number of nitrogens with one attached hydrogen (secondary N) is 2. The van der Waals surface area contributed by atoms with Gasteiger partial charge in [-0.3, -0.25) is 14.6 Å². The van der Waals surface area contributed by atoms with Crippen molar-refractivity contribution in [1.29, 1.82) is 0 Å². The number of aromatic nitrogens is 1. The lowest BCUT2D eigenvalue weighted by molar-refractivity contribution is 0.0926. The molecule has 194 valence electrons. The van der Waals surface area contributed by atoms with Crippen LogP contribution in [0, 0.1) is 0 Å². The number of benzene rings is 2. The van der Waals surface area contributed by atoms with Crippen molar-refractivity contribution in [2.24, 2.45) is 0 Å². The molecule has 2 aromatic heterocycles. The highest BCUT2D eigenvalue weighted by atomic mass is 35.5. The van der Waals surface area contributed by atoms with Crippen molar-refractivity contribution in [1.82, 2.24) is 10.3 Å². The Bertz CT molecular complexity index is 1430. The highest BCUT2D eigenvalue weighted by Crippen LogP contribution is 2.33. The maximum absolute atomic E-state index is 12.4. The third-order valence-corrected chi connectivity index (χ3v) is 6.97. The van der Waals surface area contributed by atoms with Gasteiger partial charge >= 0.3 is 0 Å². The molecular weight excluding hydrogens is 486 g/mol. The van der Waals surface area contributed by atoms with Crippen molar-refractivity contribution in [3.63, 3.8) is 0 Å². The molecule has 2 N–H and O–H groups in total. The summed E-state index contributed by atoms with van der Waals surface area (Å²) in [5, 5.41) is 8.32. The first kappa shape index (κ1) is 26.7.